The van der Waals surface area contributed by atoms with E-state index in [-0.39, 0.29) is 24.0 Å². The summed E-state index contributed by atoms with van der Waals surface area (Å²) in [5, 5.41) is 7.78. The van der Waals surface area contributed by atoms with Gasteiger partial charge in [-0.25, -0.2) is 0 Å². The highest BCUT2D eigenvalue weighted by Crippen LogP contribution is 2.31. The van der Waals surface area contributed by atoms with E-state index in [0.29, 0.717) is 0 Å². The van der Waals surface area contributed by atoms with Crippen LogP contribution in [0.4, 0.5) is 0 Å². The normalized spacial score (nSPS) is 11.2. The third-order valence-electron chi connectivity index (χ3n) is 4.65. The average Bonchev–Trinajstić information content (AvgIpc) is 3.38. The quantitative estimate of drug-likeness (QED) is 0.178. The van der Waals surface area contributed by atoms with Gasteiger partial charge >= 0.3 is 0 Å². The minimum absolute atomic E-state index is 0. The maximum absolute atomic E-state index is 5.48. The maximum atomic E-state index is 5.48. The Morgan fingerprint density at radius 1 is 1.07 bits per heavy atom. The van der Waals surface area contributed by atoms with Crippen LogP contribution < -0.4 is 20.1 Å². The highest BCUT2D eigenvalue weighted by atomic mass is 127. The molecule has 0 atom stereocenters. The largest absolute Gasteiger partial charge is 0.497 e. The molecule has 7 nitrogen and oxygen atoms in total. The number of benzene rings is 1. The van der Waals surface area contributed by atoms with E-state index < -0.39 is 0 Å². The van der Waals surface area contributed by atoms with Crippen LogP contribution in [0.25, 0.3) is 10.9 Å². The highest BCUT2D eigenvalue weighted by Gasteiger charge is 2.09. The highest BCUT2D eigenvalue weighted by molar-refractivity contribution is 14.0. The van der Waals surface area contributed by atoms with E-state index in [0.717, 1.165) is 60.8 Å². The van der Waals surface area contributed by atoms with E-state index in [1.54, 1.807) is 21.3 Å². The van der Waals surface area contributed by atoms with Crippen molar-refractivity contribution in [1.29, 1.82) is 0 Å². The lowest BCUT2D eigenvalue weighted by Crippen LogP contribution is -2.39. The Hall–Kier alpha value is -2.36. The molecular formula is C21H30IN5O2. The van der Waals surface area contributed by atoms with Crippen LogP contribution in [0.15, 0.2) is 47.7 Å². The fourth-order valence-electron chi connectivity index (χ4n) is 3.19. The van der Waals surface area contributed by atoms with Crippen molar-refractivity contribution < 1.29 is 9.47 Å². The molecule has 1 aromatic carbocycles. The fraction of sp³-hybridized carbons (Fsp3) is 0.381. The van der Waals surface area contributed by atoms with E-state index in [2.05, 4.69) is 43.6 Å². The van der Waals surface area contributed by atoms with Crippen molar-refractivity contribution in [1.82, 2.24) is 20.2 Å². The number of aromatic nitrogens is 2. The predicted molar refractivity (Wildman–Crippen MR) is 129 cm³/mol. The van der Waals surface area contributed by atoms with Gasteiger partial charge in [-0.2, -0.15) is 0 Å². The smallest absolute Gasteiger partial charge is 0.191 e. The zero-order valence-electron chi connectivity index (χ0n) is 17.2. The summed E-state index contributed by atoms with van der Waals surface area (Å²) < 4.78 is 13.0. The minimum atomic E-state index is 0. The van der Waals surface area contributed by atoms with E-state index in [4.69, 9.17) is 9.47 Å². The monoisotopic (exact) mass is 511 g/mol. The Bertz CT molecular complexity index is 905. The first-order valence-electron chi connectivity index (χ1n) is 9.52. The molecule has 0 aliphatic carbocycles. The van der Waals surface area contributed by atoms with Crippen LogP contribution >= 0.6 is 24.0 Å². The zero-order valence-corrected chi connectivity index (χ0v) is 19.5. The third kappa shape index (κ3) is 6.31. The molecule has 3 N–H and O–H groups in total. The number of H-pyrrole nitrogens is 1. The van der Waals surface area contributed by atoms with Crippen molar-refractivity contribution in [3.63, 3.8) is 0 Å². The molecule has 29 heavy (non-hydrogen) atoms. The molecule has 0 spiro atoms. The van der Waals surface area contributed by atoms with Gasteiger partial charge in [0.25, 0.3) is 0 Å². The van der Waals surface area contributed by atoms with Gasteiger partial charge in [0.05, 0.1) is 19.7 Å². The number of methoxy groups -OCH3 is 2. The van der Waals surface area contributed by atoms with Crippen LogP contribution in [-0.4, -0.2) is 49.9 Å². The summed E-state index contributed by atoms with van der Waals surface area (Å²) in [5.74, 6) is 2.44. The second-order valence-corrected chi connectivity index (χ2v) is 6.54. The number of aryl methyl sites for hydroxylation is 1. The summed E-state index contributed by atoms with van der Waals surface area (Å²) in [6, 6.07) is 10.1. The lowest BCUT2D eigenvalue weighted by molar-refractivity contribution is 0.398. The number of fused-ring (bicyclic) bond motifs is 1. The van der Waals surface area contributed by atoms with Crippen molar-refractivity contribution in [3.8, 4) is 11.5 Å². The number of hydrogen-bond acceptors (Lipinski definition) is 3. The number of ether oxygens (including phenoxy) is 2. The van der Waals surface area contributed by atoms with Gasteiger partial charge in [-0.1, -0.05) is 0 Å². The fourth-order valence-corrected chi connectivity index (χ4v) is 3.19. The number of hydrogen-bond donors (Lipinski definition) is 3. The van der Waals surface area contributed by atoms with Gasteiger partial charge in [0, 0.05) is 62.3 Å². The van der Waals surface area contributed by atoms with Crippen molar-refractivity contribution in [3.05, 3.63) is 48.4 Å². The molecule has 0 fully saturated rings. The molecule has 0 aliphatic heterocycles. The van der Waals surface area contributed by atoms with Crippen molar-refractivity contribution >= 4 is 40.8 Å². The summed E-state index contributed by atoms with van der Waals surface area (Å²) in [7, 11) is 5.14. The molecule has 3 rings (SSSR count). The van der Waals surface area contributed by atoms with Crippen LogP contribution in [0.5, 0.6) is 11.5 Å². The molecule has 0 saturated carbocycles. The molecule has 2 aromatic heterocycles. The molecule has 0 radical (unpaired) electrons. The van der Waals surface area contributed by atoms with Gasteiger partial charge in [0.15, 0.2) is 5.96 Å². The van der Waals surface area contributed by atoms with Crippen LogP contribution in [0, 0.1) is 0 Å². The van der Waals surface area contributed by atoms with Crippen molar-refractivity contribution in [2.75, 3.05) is 34.4 Å². The van der Waals surface area contributed by atoms with Gasteiger partial charge in [-0.3, -0.25) is 4.99 Å². The van der Waals surface area contributed by atoms with E-state index in [1.165, 1.54) is 5.69 Å². The number of aliphatic imine (C=N–C) groups is 1. The number of nitrogens with one attached hydrogen (secondary N) is 3. The summed E-state index contributed by atoms with van der Waals surface area (Å²) >= 11 is 0. The Morgan fingerprint density at radius 2 is 1.83 bits per heavy atom. The number of rotatable bonds is 9. The average molecular weight is 511 g/mol. The SMILES string of the molecule is CN=C(NCCCc1cc2c(OC)cc(OC)cc2[nH]1)NCCn1cccc1.I. The van der Waals surface area contributed by atoms with Gasteiger partial charge in [-0.15, -0.1) is 24.0 Å². The van der Waals surface area contributed by atoms with Gasteiger partial charge in [0.1, 0.15) is 11.5 Å². The van der Waals surface area contributed by atoms with Crippen molar-refractivity contribution in [2.24, 2.45) is 4.99 Å². The van der Waals surface area contributed by atoms with Crippen molar-refractivity contribution in [2.45, 2.75) is 19.4 Å². The molecular weight excluding hydrogens is 481 g/mol. The number of guanidine groups is 1. The van der Waals surface area contributed by atoms with E-state index in [9.17, 15) is 0 Å². The first-order valence-corrected chi connectivity index (χ1v) is 9.52. The Morgan fingerprint density at radius 3 is 2.52 bits per heavy atom. The Kier molecular flexibility index (Phi) is 9.17. The van der Waals surface area contributed by atoms with Gasteiger partial charge in [-0.05, 0) is 31.0 Å². The van der Waals surface area contributed by atoms with E-state index >= 15 is 0 Å². The number of aromatic amines is 1. The molecule has 158 valence electrons. The molecule has 0 aliphatic rings. The first kappa shape index (κ1) is 22.9. The zero-order chi connectivity index (χ0) is 19.8. The maximum Gasteiger partial charge on any atom is 0.191 e. The molecule has 0 saturated heterocycles. The second kappa shape index (κ2) is 11.6. The van der Waals surface area contributed by atoms with E-state index in [1.807, 2.05) is 24.3 Å². The summed E-state index contributed by atoms with van der Waals surface area (Å²) in [6.45, 7) is 2.59. The lowest BCUT2D eigenvalue weighted by Gasteiger charge is -2.12. The molecule has 0 unspecified atom stereocenters. The number of halogens is 1. The van der Waals surface area contributed by atoms with Gasteiger partial charge in [0.2, 0.25) is 0 Å². The van der Waals surface area contributed by atoms with Gasteiger partial charge < -0.3 is 29.7 Å². The molecule has 2 heterocycles. The molecule has 0 bridgehead atoms. The predicted octanol–water partition coefficient (Wildman–Crippen LogP) is 3.40. The summed E-state index contributed by atoms with van der Waals surface area (Å²) in [6.07, 6.45) is 6.05. The summed E-state index contributed by atoms with van der Waals surface area (Å²) in [5.41, 5.74) is 2.21. The van der Waals surface area contributed by atoms with Crippen LogP contribution in [0.2, 0.25) is 0 Å². The van der Waals surface area contributed by atoms with Crippen LogP contribution in [0.1, 0.15) is 12.1 Å². The third-order valence-corrected chi connectivity index (χ3v) is 4.65. The lowest BCUT2D eigenvalue weighted by atomic mass is 10.2. The van der Waals surface area contributed by atoms with Crippen LogP contribution in [-0.2, 0) is 13.0 Å². The Labute approximate surface area is 188 Å². The molecule has 0 amide bonds. The first-order chi connectivity index (χ1) is 13.7. The molecule has 3 aromatic rings. The number of nitrogens with zero attached hydrogens (tertiary/aromatic N) is 2. The standard InChI is InChI=1S/C21H29N5O2.HI/c1-22-21(24-9-12-26-10-4-5-11-26)23-8-6-7-16-13-18-19(25-16)14-17(27-2)15-20(18)28-3;/h4-5,10-11,13-15,25H,6-9,12H2,1-3H3,(H2,22,23,24);1H. The van der Waals surface area contributed by atoms with Crippen LogP contribution in [0.3, 0.4) is 0 Å². The summed E-state index contributed by atoms with van der Waals surface area (Å²) in [4.78, 5) is 7.74. The molecule has 8 heteroatoms. The Balaban J connectivity index is 0.00000300. The topological polar surface area (TPSA) is 75.6 Å². The minimum Gasteiger partial charge on any atom is -0.497 e. The second-order valence-electron chi connectivity index (χ2n) is 6.54.